The predicted octanol–water partition coefficient (Wildman–Crippen LogP) is 3.57. The third-order valence-electron chi connectivity index (χ3n) is 3.58. The number of halogens is 1. The zero-order valence-corrected chi connectivity index (χ0v) is 10.7. The van der Waals surface area contributed by atoms with E-state index in [4.69, 9.17) is 16.3 Å². The molecule has 88 valence electrons. The lowest BCUT2D eigenvalue weighted by atomic mass is 9.92. The number of rotatable bonds is 3. The quantitative estimate of drug-likeness (QED) is 0.732. The van der Waals surface area contributed by atoms with Crippen molar-refractivity contribution in [3.63, 3.8) is 0 Å². The Labute approximate surface area is 103 Å². The van der Waals surface area contributed by atoms with Crippen molar-refractivity contribution in [2.75, 3.05) is 6.61 Å². The second-order valence-corrected chi connectivity index (χ2v) is 5.24. The third-order valence-corrected chi connectivity index (χ3v) is 4.05. The number of alkyl halides is 1. The molecule has 1 fully saturated rings. The van der Waals surface area contributed by atoms with Crippen molar-refractivity contribution in [3.8, 4) is 0 Å². The summed E-state index contributed by atoms with van der Waals surface area (Å²) < 4.78 is 5.57. The number of hydrogen-bond acceptors (Lipinski definition) is 1. The van der Waals surface area contributed by atoms with Crippen LogP contribution < -0.4 is 0 Å². The van der Waals surface area contributed by atoms with Gasteiger partial charge in [0, 0.05) is 17.9 Å². The SMILES string of the molecule is Cc1ccccc1CC(Cl)C1CCOC1C. The van der Waals surface area contributed by atoms with E-state index in [1.54, 1.807) is 0 Å². The van der Waals surface area contributed by atoms with E-state index >= 15 is 0 Å². The molecule has 1 aliphatic heterocycles. The van der Waals surface area contributed by atoms with Gasteiger partial charge in [-0.05, 0) is 37.8 Å². The molecule has 0 N–H and O–H groups in total. The maximum atomic E-state index is 6.51. The Kier molecular flexibility index (Phi) is 3.88. The minimum Gasteiger partial charge on any atom is -0.378 e. The van der Waals surface area contributed by atoms with Gasteiger partial charge in [0.2, 0.25) is 0 Å². The summed E-state index contributed by atoms with van der Waals surface area (Å²) in [5, 5.41) is 0.193. The number of aryl methyl sites for hydroxylation is 1. The Balaban J connectivity index is 2.02. The van der Waals surface area contributed by atoms with Crippen molar-refractivity contribution in [2.45, 2.75) is 38.2 Å². The first kappa shape index (κ1) is 11.9. The van der Waals surface area contributed by atoms with Crippen molar-refractivity contribution in [2.24, 2.45) is 5.92 Å². The van der Waals surface area contributed by atoms with Gasteiger partial charge in [-0.1, -0.05) is 24.3 Å². The van der Waals surface area contributed by atoms with E-state index in [-0.39, 0.29) is 5.38 Å². The minimum absolute atomic E-state index is 0.193. The summed E-state index contributed by atoms with van der Waals surface area (Å²) >= 11 is 6.51. The van der Waals surface area contributed by atoms with Crippen LogP contribution in [0.5, 0.6) is 0 Å². The van der Waals surface area contributed by atoms with Gasteiger partial charge in [-0.25, -0.2) is 0 Å². The van der Waals surface area contributed by atoms with Crippen molar-refractivity contribution in [3.05, 3.63) is 35.4 Å². The van der Waals surface area contributed by atoms with Gasteiger partial charge in [0.05, 0.1) is 6.10 Å². The van der Waals surface area contributed by atoms with Gasteiger partial charge >= 0.3 is 0 Å². The molecule has 1 heterocycles. The number of ether oxygens (including phenoxy) is 1. The largest absolute Gasteiger partial charge is 0.378 e. The van der Waals surface area contributed by atoms with Crippen LogP contribution in [-0.2, 0) is 11.2 Å². The lowest BCUT2D eigenvalue weighted by Crippen LogP contribution is -2.24. The lowest BCUT2D eigenvalue weighted by molar-refractivity contribution is 0.105. The van der Waals surface area contributed by atoms with Crippen molar-refractivity contribution in [1.82, 2.24) is 0 Å². The van der Waals surface area contributed by atoms with E-state index in [1.807, 2.05) is 0 Å². The molecule has 0 bridgehead atoms. The zero-order valence-electron chi connectivity index (χ0n) is 9.95. The van der Waals surface area contributed by atoms with Crippen molar-refractivity contribution >= 4 is 11.6 Å². The molecule has 0 radical (unpaired) electrons. The van der Waals surface area contributed by atoms with Crippen LogP contribution in [0.25, 0.3) is 0 Å². The number of benzene rings is 1. The lowest BCUT2D eigenvalue weighted by Gasteiger charge is -2.20. The van der Waals surface area contributed by atoms with Crippen LogP contribution in [0.2, 0.25) is 0 Å². The molecule has 0 saturated carbocycles. The molecule has 16 heavy (non-hydrogen) atoms. The normalized spacial score (nSPS) is 26.9. The average molecular weight is 239 g/mol. The highest BCUT2D eigenvalue weighted by Gasteiger charge is 2.30. The first-order chi connectivity index (χ1) is 7.68. The van der Waals surface area contributed by atoms with Gasteiger partial charge < -0.3 is 4.74 Å². The minimum atomic E-state index is 0.193. The molecule has 1 nitrogen and oxygen atoms in total. The topological polar surface area (TPSA) is 9.23 Å². The predicted molar refractivity (Wildman–Crippen MR) is 68.0 cm³/mol. The molecule has 1 aromatic rings. The second-order valence-electron chi connectivity index (χ2n) is 4.68. The Morgan fingerprint density at radius 1 is 1.44 bits per heavy atom. The standard InChI is InChI=1S/C14H19ClO/c1-10-5-3-4-6-12(10)9-14(15)13-7-8-16-11(13)2/h3-6,11,13-14H,7-9H2,1-2H3. The molecule has 0 amide bonds. The summed E-state index contributed by atoms with van der Waals surface area (Å²) in [6.45, 7) is 5.14. The third kappa shape index (κ3) is 2.58. The first-order valence-corrected chi connectivity index (χ1v) is 6.42. The molecule has 2 rings (SSSR count). The van der Waals surface area contributed by atoms with Crippen LogP contribution in [0, 0.1) is 12.8 Å². The highest BCUT2D eigenvalue weighted by atomic mass is 35.5. The molecular formula is C14H19ClO. The smallest absolute Gasteiger partial charge is 0.0590 e. The first-order valence-electron chi connectivity index (χ1n) is 5.98. The van der Waals surface area contributed by atoms with E-state index < -0.39 is 0 Å². The number of hydrogen-bond donors (Lipinski definition) is 0. The molecule has 1 aliphatic rings. The van der Waals surface area contributed by atoms with E-state index in [1.165, 1.54) is 11.1 Å². The fourth-order valence-corrected chi connectivity index (χ4v) is 2.92. The van der Waals surface area contributed by atoms with Crippen LogP contribution in [0.15, 0.2) is 24.3 Å². The van der Waals surface area contributed by atoms with Crippen molar-refractivity contribution < 1.29 is 4.74 Å². The van der Waals surface area contributed by atoms with Gasteiger partial charge in [0.1, 0.15) is 0 Å². The van der Waals surface area contributed by atoms with Crippen LogP contribution in [0.1, 0.15) is 24.5 Å². The second kappa shape index (κ2) is 5.20. The molecule has 0 spiro atoms. The Hall–Kier alpha value is -0.530. The Morgan fingerprint density at radius 3 is 2.81 bits per heavy atom. The zero-order chi connectivity index (χ0) is 11.5. The summed E-state index contributed by atoms with van der Waals surface area (Å²) in [7, 11) is 0. The molecule has 3 atom stereocenters. The van der Waals surface area contributed by atoms with E-state index in [0.717, 1.165) is 19.4 Å². The van der Waals surface area contributed by atoms with E-state index in [0.29, 0.717) is 12.0 Å². The maximum absolute atomic E-state index is 6.51. The molecule has 1 saturated heterocycles. The highest BCUT2D eigenvalue weighted by Crippen LogP contribution is 2.29. The molecule has 0 aromatic heterocycles. The maximum Gasteiger partial charge on any atom is 0.0590 e. The Morgan fingerprint density at radius 2 is 2.19 bits per heavy atom. The summed E-state index contributed by atoms with van der Waals surface area (Å²) in [6, 6.07) is 8.47. The van der Waals surface area contributed by atoms with Gasteiger partial charge in [0.25, 0.3) is 0 Å². The van der Waals surface area contributed by atoms with Gasteiger partial charge in [-0.15, -0.1) is 11.6 Å². The molecule has 1 aromatic carbocycles. The Bertz CT molecular complexity index is 350. The van der Waals surface area contributed by atoms with E-state index in [9.17, 15) is 0 Å². The molecule has 0 aliphatic carbocycles. The van der Waals surface area contributed by atoms with Crippen molar-refractivity contribution in [1.29, 1.82) is 0 Å². The molecule has 3 unspecified atom stereocenters. The summed E-state index contributed by atoms with van der Waals surface area (Å²) in [5.41, 5.74) is 2.70. The van der Waals surface area contributed by atoms with E-state index in [2.05, 4.69) is 38.1 Å². The molecule has 2 heteroatoms. The van der Waals surface area contributed by atoms with Crippen LogP contribution in [0.3, 0.4) is 0 Å². The highest BCUT2D eigenvalue weighted by molar-refractivity contribution is 6.21. The van der Waals surface area contributed by atoms with Gasteiger partial charge in [-0.3, -0.25) is 0 Å². The van der Waals surface area contributed by atoms with Gasteiger partial charge in [-0.2, -0.15) is 0 Å². The summed E-state index contributed by atoms with van der Waals surface area (Å²) in [6.07, 6.45) is 2.36. The fraction of sp³-hybridized carbons (Fsp3) is 0.571. The van der Waals surface area contributed by atoms with Crippen LogP contribution >= 0.6 is 11.6 Å². The summed E-state index contributed by atoms with van der Waals surface area (Å²) in [5.74, 6) is 0.501. The van der Waals surface area contributed by atoms with Gasteiger partial charge in [0.15, 0.2) is 0 Å². The average Bonchev–Trinajstić information content (AvgIpc) is 2.68. The summed E-state index contributed by atoms with van der Waals surface area (Å²) in [4.78, 5) is 0. The molecular weight excluding hydrogens is 220 g/mol. The monoisotopic (exact) mass is 238 g/mol. The van der Waals surface area contributed by atoms with Crippen LogP contribution in [-0.4, -0.2) is 18.1 Å². The van der Waals surface area contributed by atoms with Crippen LogP contribution in [0.4, 0.5) is 0 Å². The fourth-order valence-electron chi connectivity index (χ4n) is 2.42.